The molecule has 0 aliphatic heterocycles. The highest BCUT2D eigenvalue weighted by Gasteiger charge is 2.28. The number of aryl methyl sites for hydroxylation is 2. The van der Waals surface area contributed by atoms with Crippen LogP contribution >= 0.6 is 0 Å². The van der Waals surface area contributed by atoms with Gasteiger partial charge in [-0.2, -0.15) is 5.10 Å². The number of nitrogens with one attached hydrogen (secondary N) is 1. The molecule has 2 heterocycles. The highest BCUT2D eigenvalue weighted by molar-refractivity contribution is 6.03. The lowest BCUT2D eigenvalue weighted by Gasteiger charge is -2.21. The topological polar surface area (TPSA) is 95.3 Å². The van der Waals surface area contributed by atoms with Crippen molar-refractivity contribution < 1.29 is 19.1 Å². The standard InChI is InChI=1S/C22H26N4O4/c1-13(2)18(22(28)30-12-15-9-7-6-8-10-15)24-21(27)16-11-23-20-17(19(16)29-5)14(3)25-26(20)4/h6-11,13,18H,12H2,1-5H3,(H,24,27). The zero-order valence-corrected chi connectivity index (χ0v) is 17.8. The Kier molecular flexibility index (Phi) is 6.34. The normalized spacial score (nSPS) is 12.1. The average Bonchev–Trinajstić information content (AvgIpc) is 3.03. The van der Waals surface area contributed by atoms with Gasteiger partial charge in [-0.1, -0.05) is 44.2 Å². The third kappa shape index (κ3) is 4.27. The summed E-state index contributed by atoms with van der Waals surface area (Å²) < 4.78 is 12.6. The number of methoxy groups -OCH3 is 1. The second-order valence-electron chi connectivity index (χ2n) is 7.40. The van der Waals surface area contributed by atoms with Crippen LogP contribution in [-0.2, 0) is 23.2 Å². The zero-order valence-electron chi connectivity index (χ0n) is 17.8. The molecular formula is C22H26N4O4. The lowest BCUT2D eigenvalue weighted by Crippen LogP contribution is -2.45. The smallest absolute Gasteiger partial charge is 0.329 e. The molecule has 0 bridgehead atoms. The van der Waals surface area contributed by atoms with Crippen molar-refractivity contribution in [2.45, 2.75) is 33.4 Å². The number of amides is 1. The SMILES string of the molecule is COc1c(C(=O)NC(C(=O)OCc2ccccc2)C(C)C)cnc2c1c(C)nn2C. The van der Waals surface area contributed by atoms with Gasteiger partial charge in [0, 0.05) is 13.2 Å². The highest BCUT2D eigenvalue weighted by Crippen LogP contribution is 2.30. The van der Waals surface area contributed by atoms with Crippen LogP contribution in [0.25, 0.3) is 11.0 Å². The van der Waals surface area contributed by atoms with E-state index in [4.69, 9.17) is 9.47 Å². The van der Waals surface area contributed by atoms with Crippen molar-refractivity contribution in [2.24, 2.45) is 13.0 Å². The summed E-state index contributed by atoms with van der Waals surface area (Å²) in [7, 11) is 3.27. The maximum absolute atomic E-state index is 13.0. The Balaban J connectivity index is 1.81. The Morgan fingerprint density at radius 2 is 1.90 bits per heavy atom. The lowest BCUT2D eigenvalue weighted by molar-refractivity contribution is -0.148. The van der Waals surface area contributed by atoms with Crippen molar-refractivity contribution in [2.75, 3.05) is 7.11 Å². The molecular weight excluding hydrogens is 384 g/mol. The largest absolute Gasteiger partial charge is 0.495 e. The number of aromatic nitrogens is 3. The summed E-state index contributed by atoms with van der Waals surface area (Å²) >= 11 is 0. The van der Waals surface area contributed by atoms with Crippen LogP contribution in [0.3, 0.4) is 0 Å². The molecule has 0 saturated heterocycles. The second kappa shape index (κ2) is 8.94. The molecule has 158 valence electrons. The van der Waals surface area contributed by atoms with E-state index in [9.17, 15) is 9.59 Å². The minimum Gasteiger partial charge on any atom is -0.495 e. The van der Waals surface area contributed by atoms with Gasteiger partial charge in [0.25, 0.3) is 5.91 Å². The highest BCUT2D eigenvalue weighted by atomic mass is 16.5. The van der Waals surface area contributed by atoms with E-state index in [0.717, 1.165) is 5.56 Å². The Labute approximate surface area is 175 Å². The predicted molar refractivity (Wildman–Crippen MR) is 112 cm³/mol. The summed E-state index contributed by atoms with van der Waals surface area (Å²) in [4.78, 5) is 30.0. The molecule has 1 atom stereocenters. The third-order valence-corrected chi connectivity index (χ3v) is 4.86. The van der Waals surface area contributed by atoms with Crippen LogP contribution in [0.1, 0.15) is 35.5 Å². The van der Waals surface area contributed by atoms with Crippen molar-refractivity contribution in [1.82, 2.24) is 20.1 Å². The van der Waals surface area contributed by atoms with Gasteiger partial charge in [-0.25, -0.2) is 9.78 Å². The fourth-order valence-electron chi connectivity index (χ4n) is 3.29. The monoisotopic (exact) mass is 410 g/mol. The first-order valence-corrected chi connectivity index (χ1v) is 9.71. The molecule has 1 aromatic carbocycles. The maximum Gasteiger partial charge on any atom is 0.329 e. The van der Waals surface area contributed by atoms with Gasteiger partial charge in [-0.3, -0.25) is 9.48 Å². The molecule has 1 N–H and O–H groups in total. The number of hydrogen-bond donors (Lipinski definition) is 1. The first-order valence-electron chi connectivity index (χ1n) is 9.71. The first-order chi connectivity index (χ1) is 14.3. The van der Waals surface area contributed by atoms with Gasteiger partial charge in [0.1, 0.15) is 24.0 Å². The molecule has 0 saturated carbocycles. The van der Waals surface area contributed by atoms with E-state index in [0.29, 0.717) is 22.5 Å². The zero-order chi connectivity index (χ0) is 21.8. The predicted octanol–water partition coefficient (Wildman–Crippen LogP) is 2.78. The van der Waals surface area contributed by atoms with Crippen molar-refractivity contribution in [1.29, 1.82) is 0 Å². The summed E-state index contributed by atoms with van der Waals surface area (Å²) in [5.74, 6) is -0.740. The molecule has 0 spiro atoms. The Morgan fingerprint density at radius 1 is 1.20 bits per heavy atom. The molecule has 1 amide bonds. The Hall–Kier alpha value is -3.42. The lowest BCUT2D eigenvalue weighted by atomic mass is 10.0. The first kappa shape index (κ1) is 21.3. The molecule has 0 aliphatic carbocycles. The van der Waals surface area contributed by atoms with E-state index < -0.39 is 17.9 Å². The van der Waals surface area contributed by atoms with Crippen LogP contribution in [0.2, 0.25) is 0 Å². The Bertz CT molecular complexity index is 1060. The number of fused-ring (bicyclic) bond motifs is 1. The van der Waals surface area contributed by atoms with Crippen molar-refractivity contribution in [3.8, 4) is 5.75 Å². The summed E-state index contributed by atoms with van der Waals surface area (Å²) in [5.41, 5.74) is 2.43. The van der Waals surface area contributed by atoms with Gasteiger partial charge < -0.3 is 14.8 Å². The van der Waals surface area contributed by atoms with E-state index in [1.807, 2.05) is 51.1 Å². The van der Waals surface area contributed by atoms with E-state index in [1.165, 1.54) is 13.3 Å². The molecule has 0 radical (unpaired) electrons. The van der Waals surface area contributed by atoms with Gasteiger partial charge >= 0.3 is 5.97 Å². The van der Waals surface area contributed by atoms with Gasteiger partial charge in [0.2, 0.25) is 0 Å². The van der Waals surface area contributed by atoms with Crippen molar-refractivity contribution >= 4 is 22.9 Å². The van der Waals surface area contributed by atoms with E-state index >= 15 is 0 Å². The molecule has 30 heavy (non-hydrogen) atoms. The second-order valence-corrected chi connectivity index (χ2v) is 7.40. The number of hydrogen-bond acceptors (Lipinski definition) is 6. The third-order valence-electron chi connectivity index (χ3n) is 4.86. The number of pyridine rings is 1. The number of rotatable bonds is 7. The molecule has 1 unspecified atom stereocenters. The van der Waals surface area contributed by atoms with E-state index in [2.05, 4.69) is 15.4 Å². The fourth-order valence-corrected chi connectivity index (χ4v) is 3.29. The van der Waals surface area contributed by atoms with Gasteiger partial charge in [0.15, 0.2) is 5.65 Å². The van der Waals surface area contributed by atoms with Crippen molar-refractivity contribution in [3.63, 3.8) is 0 Å². The van der Waals surface area contributed by atoms with Gasteiger partial charge in [-0.05, 0) is 18.4 Å². The summed E-state index contributed by atoms with van der Waals surface area (Å²) in [6.45, 7) is 5.66. The summed E-state index contributed by atoms with van der Waals surface area (Å²) in [6.07, 6.45) is 1.43. The summed E-state index contributed by atoms with van der Waals surface area (Å²) in [5, 5.41) is 7.78. The van der Waals surface area contributed by atoms with E-state index in [-0.39, 0.29) is 18.1 Å². The molecule has 8 nitrogen and oxygen atoms in total. The number of carbonyl (C=O) groups is 2. The molecule has 2 aromatic heterocycles. The average molecular weight is 410 g/mol. The molecule has 3 rings (SSSR count). The molecule has 3 aromatic rings. The minimum atomic E-state index is -0.809. The molecule has 0 aliphatic rings. The molecule has 0 fully saturated rings. The molecule has 8 heteroatoms. The Morgan fingerprint density at radius 3 is 2.53 bits per heavy atom. The van der Waals surface area contributed by atoms with Crippen molar-refractivity contribution in [3.05, 3.63) is 53.3 Å². The number of carbonyl (C=O) groups excluding carboxylic acids is 2. The van der Waals surface area contributed by atoms with Crippen LogP contribution in [0.15, 0.2) is 36.5 Å². The number of ether oxygens (including phenoxy) is 2. The van der Waals surface area contributed by atoms with Crippen LogP contribution < -0.4 is 10.1 Å². The quantitative estimate of drug-likeness (QED) is 0.602. The van der Waals surface area contributed by atoms with Crippen LogP contribution in [0.4, 0.5) is 0 Å². The van der Waals surface area contributed by atoms with Crippen LogP contribution in [0.5, 0.6) is 5.75 Å². The fraction of sp³-hybridized carbons (Fsp3) is 0.364. The van der Waals surface area contributed by atoms with Crippen LogP contribution in [0, 0.1) is 12.8 Å². The summed E-state index contributed by atoms with van der Waals surface area (Å²) in [6, 6.07) is 8.58. The number of nitrogens with zero attached hydrogens (tertiary/aromatic N) is 3. The van der Waals surface area contributed by atoms with Gasteiger partial charge in [-0.15, -0.1) is 0 Å². The number of esters is 1. The number of benzene rings is 1. The van der Waals surface area contributed by atoms with Crippen LogP contribution in [-0.4, -0.2) is 39.8 Å². The minimum absolute atomic E-state index is 0.143. The maximum atomic E-state index is 13.0. The van der Waals surface area contributed by atoms with Gasteiger partial charge in [0.05, 0.1) is 18.2 Å². The van der Waals surface area contributed by atoms with E-state index in [1.54, 1.807) is 11.7 Å².